The van der Waals surface area contributed by atoms with E-state index in [1.807, 2.05) is 13.8 Å². The summed E-state index contributed by atoms with van der Waals surface area (Å²) in [6.45, 7) is 4.73. The lowest BCUT2D eigenvalue weighted by Gasteiger charge is -2.24. The van der Waals surface area contributed by atoms with Gasteiger partial charge in [-0.05, 0) is 36.2 Å². The van der Waals surface area contributed by atoms with Crippen LogP contribution < -0.4 is 14.8 Å². The molecule has 2 aromatic rings. The van der Waals surface area contributed by atoms with Crippen molar-refractivity contribution in [3.05, 3.63) is 52.5 Å². The van der Waals surface area contributed by atoms with Crippen molar-refractivity contribution in [2.45, 2.75) is 20.0 Å². The smallest absolute Gasteiger partial charge is 0.255 e. The molecular weight excluding hydrogens is 342 g/mol. The SMILES string of the molecule is CC(C)[C@H](O)c1cc2c(cc1NC(=O)c1ccc(Cl)cc1)OCCO2. The van der Waals surface area contributed by atoms with Crippen LogP contribution in [0.5, 0.6) is 11.5 Å². The molecule has 0 bridgehead atoms. The predicted molar refractivity (Wildman–Crippen MR) is 96.6 cm³/mol. The van der Waals surface area contributed by atoms with Gasteiger partial charge in [-0.3, -0.25) is 4.79 Å². The van der Waals surface area contributed by atoms with Crippen LogP contribution in [0.3, 0.4) is 0 Å². The third kappa shape index (κ3) is 3.89. The van der Waals surface area contributed by atoms with Crippen LogP contribution >= 0.6 is 11.6 Å². The molecule has 0 fully saturated rings. The van der Waals surface area contributed by atoms with E-state index in [9.17, 15) is 9.90 Å². The zero-order chi connectivity index (χ0) is 18.0. The third-order valence-electron chi connectivity index (χ3n) is 4.02. The van der Waals surface area contributed by atoms with Gasteiger partial charge in [0.2, 0.25) is 0 Å². The average Bonchev–Trinajstić information content (AvgIpc) is 2.61. The highest BCUT2D eigenvalue weighted by Gasteiger charge is 2.23. The Bertz CT molecular complexity index is 774. The number of ether oxygens (including phenoxy) is 2. The summed E-state index contributed by atoms with van der Waals surface area (Å²) in [7, 11) is 0. The predicted octanol–water partition coefficient (Wildman–Crippen LogP) is 4.05. The van der Waals surface area contributed by atoms with Crippen LogP contribution in [-0.2, 0) is 0 Å². The fourth-order valence-electron chi connectivity index (χ4n) is 2.61. The second-order valence-corrected chi connectivity index (χ2v) is 6.67. The van der Waals surface area contributed by atoms with Gasteiger partial charge in [0.1, 0.15) is 13.2 Å². The van der Waals surface area contributed by atoms with Gasteiger partial charge in [0.25, 0.3) is 5.91 Å². The largest absolute Gasteiger partial charge is 0.486 e. The third-order valence-corrected chi connectivity index (χ3v) is 4.27. The van der Waals surface area contributed by atoms with Gasteiger partial charge >= 0.3 is 0 Å². The molecule has 0 spiro atoms. The Kier molecular flexibility index (Phi) is 5.16. The zero-order valence-corrected chi connectivity index (χ0v) is 14.8. The van der Waals surface area contributed by atoms with Crippen LogP contribution in [0.4, 0.5) is 5.69 Å². The van der Waals surface area contributed by atoms with Crippen molar-refractivity contribution in [2.75, 3.05) is 18.5 Å². The van der Waals surface area contributed by atoms with E-state index in [1.54, 1.807) is 36.4 Å². The first-order valence-electron chi connectivity index (χ1n) is 8.14. The summed E-state index contributed by atoms with van der Waals surface area (Å²) in [5.74, 6) is 0.821. The Balaban J connectivity index is 1.95. The first kappa shape index (κ1) is 17.6. The topological polar surface area (TPSA) is 67.8 Å². The Hall–Kier alpha value is -2.24. The van der Waals surface area contributed by atoms with Crippen LogP contribution in [0.25, 0.3) is 0 Å². The minimum absolute atomic E-state index is 0.0197. The van der Waals surface area contributed by atoms with Crippen LogP contribution in [-0.4, -0.2) is 24.2 Å². The van der Waals surface area contributed by atoms with E-state index in [2.05, 4.69) is 5.32 Å². The fourth-order valence-corrected chi connectivity index (χ4v) is 2.74. The molecule has 2 aromatic carbocycles. The molecule has 0 saturated carbocycles. The fraction of sp³-hybridized carbons (Fsp3) is 0.316. The molecule has 6 heteroatoms. The van der Waals surface area contributed by atoms with Gasteiger partial charge in [0.15, 0.2) is 11.5 Å². The molecule has 25 heavy (non-hydrogen) atoms. The number of carbonyl (C=O) groups excluding carboxylic acids is 1. The quantitative estimate of drug-likeness (QED) is 0.862. The van der Waals surface area contributed by atoms with Gasteiger partial charge in [-0.15, -0.1) is 0 Å². The van der Waals surface area contributed by atoms with Gasteiger partial charge in [-0.25, -0.2) is 0 Å². The highest BCUT2D eigenvalue weighted by Crippen LogP contribution is 2.39. The summed E-state index contributed by atoms with van der Waals surface area (Å²) in [5, 5.41) is 14.0. The second kappa shape index (κ2) is 7.33. The van der Waals surface area contributed by atoms with Crippen molar-refractivity contribution in [1.29, 1.82) is 0 Å². The molecule has 2 N–H and O–H groups in total. The van der Waals surface area contributed by atoms with Gasteiger partial charge < -0.3 is 19.9 Å². The number of halogens is 1. The number of nitrogens with one attached hydrogen (secondary N) is 1. The van der Waals surface area contributed by atoms with Gasteiger partial charge in [-0.1, -0.05) is 25.4 Å². The lowest BCUT2D eigenvalue weighted by atomic mass is 9.96. The number of anilines is 1. The molecule has 0 radical (unpaired) electrons. The van der Waals surface area contributed by atoms with E-state index < -0.39 is 6.10 Å². The minimum atomic E-state index is -0.739. The number of fused-ring (bicyclic) bond motifs is 1. The Morgan fingerprint density at radius 3 is 2.32 bits per heavy atom. The standard InChI is InChI=1S/C19H20ClNO4/c1-11(2)18(22)14-9-16-17(25-8-7-24-16)10-15(14)21-19(23)12-3-5-13(20)6-4-12/h3-6,9-11,18,22H,7-8H2,1-2H3,(H,21,23)/t18-/m0/s1. The summed E-state index contributed by atoms with van der Waals surface area (Å²) in [6.07, 6.45) is -0.739. The Morgan fingerprint density at radius 1 is 1.12 bits per heavy atom. The van der Waals surface area contributed by atoms with Crippen molar-refractivity contribution < 1.29 is 19.4 Å². The number of benzene rings is 2. The summed E-state index contributed by atoms with van der Waals surface area (Å²) in [5.41, 5.74) is 1.58. The molecule has 0 unspecified atom stereocenters. The number of rotatable bonds is 4. The van der Waals surface area contributed by atoms with Gasteiger partial charge in [-0.2, -0.15) is 0 Å². The number of carbonyl (C=O) groups is 1. The van der Waals surface area contributed by atoms with Gasteiger partial charge in [0.05, 0.1) is 11.8 Å². The zero-order valence-electron chi connectivity index (χ0n) is 14.1. The maximum absolute atomic E-state index is 12.5. The minimum Gasteiger partial charge on any atom is -0.486 e. The van der Waals surface area contributed by atoms with Crippen LogP contribution in [0.2, 0.25) is 5.02 Å². The highest BCUT2D eigenvalue weighted by atomic mass is 35.5. The monoisotopic (exact) mass is 361 g/mol. The maximum Gasteiger partial charge on any atom is 0.255 e. The van der Waals surface area contributed by atoms with E-state index in [0.29, 0.717) is 46.5 Å². The first-order chi connectivity index (χ1) is 12.0. The Morgan fingerprint density at radius 2 is 1.72 bits per heavy atom. The number of aliphatic hydroxyl groups is 1. The first-order valence-corrected chi connectivity index (χ1v) is 8.52. The number of aliphatic hydroxyl groups excluding tert-OH is 1. The van der Waals surface area contributed by atoms with Crippen molar-refractivity contribution in [3.8, 4) is 11.5 Å². The van der Waals surface area contributed by atoms with Crippen molar-refractivity contribution in [1.82, 2.24) is 0 Å². The Labute approximate surface area is 151 Å². The average molecular weight is 362 g/mol. The molecule has 1 aliphatic rings. The number of hydrogen-bond acceptors (Lipinski definition) is 4. The molecule has 0 aliphatic carbocycles. The molecule has 1 aliphatic heterocycles. The summed E-state index contributed by atoms with van der Waals surface area (Å²) < 4.78 is 11.2. The van der Waals surface area contributed by atoms with E-state index in [1.165, 1.54) is 0 Å². The van der Waals surface area contributed by atoms with E-state index in [0.717, 1.165) is 0 Å². The molecule has 0 saturated heterocycles. The molecule has 1 heterocycles. The molecule has 1 amide bonds. The van der Waals surface area contributed by atoms with Crippen molar-refractivity contribution >= 4 is 23.2 Å². The molecular formula is C19H20ClNO4. The maximum atomic E-state index is 12.5. The highest BCUT2D eigenvalue weighted by molar-refractivity contribution is 6.30. The summed E-state index contributed by atoms with van der Waals surface area (Å²) >= 11 is 5.86. The molecule has 3 rings (SSSR count). The van der Waals surface area contributed by atoms with E-state index in [-0.39, 0.29) is 11.8 Å². The molecule has 0 aromatic heterocycles. The summed E-state index contributed by atoms with van der Waals surface area (Å²) in [4.78, 5) is 12.5. The molecule has 5 nitrogen and oxygen atoms in total. The van der Waals surface area contributed by atoms with E-state index >= 15 is 0 Å². The summed E-state index contributed by atoms with van der Waals surface area (Å²) in [6, 6.07) is 10.0. The van der Waals surface area contributed by atoms with Crippen LogP contribution in [0.15, 0.2) is 36.4 Å². The number of hydrogen-bond donors (Lipinski definition) is 2. The number of amides is 1. The van der Waals surface area contributed by atoms with Crippen molar-refractivity contribution in [3.63, 3.8) is 0 Å². The van der Waals surface area contributed by atoms with E-state index in [4.69, 9.17) is 21.1 Å². The van der Waals surface area contributed by atoms with Gasteiger partial charge in [0, 0.05) is 22.2 Å². The molecule has 132 valence electrons. The molecule has 1 atom stereocenters. The second-order valence-electron chi connectivity index (χ2n) is 6.23. The lowest BCUT2D eigenvalue weighted by Crippen LogP contribution is -2.19. The lowest BCUT2D eigenvalue weighted by molar-refractivity contribution is 0.102. The van der Waals surface area contributed by atoms with Crippen LogP contribution in [0, 0.1) is 5.92 Å². The van der Waals surface area contributed by atoms with Crippen LogP contribution in [0.1, 0.15) is 35.9 Å². The van der Waals surface area contributed by atoms with Crippen molar-refractivity contribution in [2.24, 2.45) is 5.92 Å². The normalized spacial score (nSPS) is 14.3.